The Morgan fingerprint density at radius 3 is 2.43 bits per heavy atom. The number of benzene rings is 1. The molecule has 1 fully saturated rings. The van der Waals surface area contributed by atoms with Gasteiger partial charge in [-0.1, -0.05) is 51.0 Å². The molecule has 2 nitrogen and oxygen atoms in total. The second-order valence-corrected chi connectivity index (χ2v) is 6.71. The molecule has 1 saturated carbocycles. The second kappa shape index (κ2) is 7.95. The summed E-state index contributed by atoms with van der Waals surface area (Å²) in [7, 11) is 4.38. The van der Waals surface area contributed by atoms with Crippen molar-refractivity contribution in [2.45, 2.75) is 58.0 Å². The van der Waals surface area contributed by atoms with Gasteiger partial charge < -0.3 is 10.2 Å². The van der Waals surface area contributed by atoms with E-state index in [0.717, 1.165) is 24.9 Å². The molecule has 21 heavy (non-hydrogen) atoms. The summed E-state index contributed by atoms with van der Waals surface area (Å²) < 4.78 is 0. The molecule has 0 radical (unpaired) electrons. The van der Waals surface area contributed by atoms with Gasteiger partial charge in [0, 0.05) is 18.6 Å². The van der Waals surface area contributed by atoms with Crippen LogP contribution in [0.15, 0.2) is 24.3 Å². The van der Waals surface area contributed by atoms with Crippen LogP contribution in [-0.4, -0.2) is 31.6 Å². The van der Waals surface area contributed by atoms with Gasteiger partial charge >= 0.3 is 0 Å². The third kappa shape index (κ3) is 4.31. The van der Waals surface area contributed by atoms with Crippen LogP contribution in [-0.2, 0) is 6.42 Å². The van der Waals surface area contributed by atoms with Crippen LogP contribution in [0.25, 0.3) is 0 Å². The Bertz CT molecular complexity index is 412. The fraction of sp³-hybridized carbons (Fsp3) is 0.684. The van der Waals surface area contributed by atoms with Crippen molar-refractivity contribution in [3.63, 3.8) is 0 Å². The van der Waals surface area contributed by atoms with Crippen molar-refractivity contribution in [1.82, 2.24) is 10.2 Å². The van der Waals surface area contributed by atoms with Crippen molar-refractivity contribution in [2.75, 3.05) is 20.6 Å². The van der Waals surface area contributed by atoms with E-state index in [-0.39, 0.29) is 0 Å². The average Bonchev–Trinajstić information content (AvgIpc) is 2.53. The summed E-state index contributed by atoms with van der Waals surface area (Å²) in [6.07, 6.45) is 6.69. The first-order chi connectivity index (χ1) is 10.2. The van der Waals surface area contributed by atoms with Gasteiger partial charge in [-0.2, -0.15) is 0 Å². The minimum Gasteiger partial charge on any atom is -0.312 e. The summed E-state index contributed by atoms with van der Waals surface area (Å²) in [6.45, 7) is 5.73. The SMILES string of the molecule is CCc1ccc(C(CN(C)C2CCCCC2C)NC)cc1. The molecular formula is C19H32N2. The van der Waals surface area contributed by atoms with E-state index in [2.05, 4.69) is 62.4 Å². The van der Waals surface area contributed by atoms with E-state index in [1.807, 2.05) is 0 Å². The Morgan fingerprint density at radius 2 is 1.86 bits per heavy atom. The molecule has 1 aromatic carbocycles. The predicted molar refractivity (Wildman–Crippen MR) is 91.7 cm³/mol. The van der Waals surface area contributed by atoms with E-state index in [0.29, 0.717) is 6.04 Å². The molecule has 1 aromatic rings. The van der Waals surface area contributed by atoms with Crippen LogP contribution in [0, 0.1) is 5.92 Å². The smallest absolute Gasteiger partial charge is 0.0446 e. The highest BCUT2D eigenvalue weighted by molar-refractivity contribution is 5.25. The molecule has 0 spiro atoms. The quantitative estimate of drug-likeness (QED) is 0.850. The van der Waals surface area contributed by atoms with Crippen LogP contribution >= 0.6 is 0 Å². The van der Waals surface area contributed by atoms with Gasteiger partial charge in [0.05, 0.1) is 0 Å². The standard InChI is InChI=1S/C19H32N2/c1-5-16-10-12-17(13-11-16)18(20-3)14-21(4)19-9-7-6-8-15(19)2/h10-13,15,18-20H,5-9,14H2,1-4H3. The molecule has 1 N–H and O–H groups in total. The van der Waals surface area contributed by atoms with Crippen LogP contribution in [0.2, 0.25) is 0 Å². The summed E-state index contributed by atoms with van der Waals surface area (Å²) in [6, 6.07) is 10.3. The molecular weight excluding hydrogens is 256 g/mol. The Morgan fingerprint density at radius 1 is 1.19 bits per heavy atom. The maximum Gasteiger partial charge on any atom is 0.0446 e. The van der Waals surface area contributed by atoms with Gasteiger partial charge in [-0.15, -0.1) is 0 Å². The number of nitrogens with zero attached hydrogens (tertiary/aromatic N) is 1. The molecule has 3 atom stereocenters. The molecule has 0 bridgehead atoms. The van der Waals surface area contributed by atoms with Crippen LogP contribution in [0.5, 0.6) is 0 Å². The van der Waals surface area contributed by atoms with Gasteiger partial charge in [0.2, 0.25) is 0 Å². The zero-order valence-corrected chi connectivity index (χ0v) is 14.2. The van der Waals surface area contributed by atoms with Crippen molar-refractivity contribution in [3.05, 3.63) is 35.4 Å². The maximum atomic E-state index is 3.50. The minimum atomic E-state index is 0.426. The van der Waals surface area contributed by atoms with Gasteiger partial charge in [0.1, 0.15) is 0 Å². The highest BCUT2D eigenvalue weighted by atomic mass is 15.2. The minimum absolute atomic E-state index is 0.426. The summed E-state index contributed by atoms with van der Waals surface area (Å²) in [5.74, 6) is 0.837. The number of likely N-dealkylation sites (N-methyl/N-ethyl adjacent to an activating group) is 2. The van der Waals surface area contributed by atoms with Gasteiger partial charge in [0.15, 0.2) is 0 Å². The number of nitrogens with one attached hydrogen (secondary N) is 1. The Balaban J connectivity index is 2.00. The molecule has 1 aliphatic rings. The topological polar surface area (TPSA) is 15.3 Å². The fourth-order valence-electron chi connectivity index (χ4n) is 3.72. The second-order valence-electron chi connectivity index (χ2n) is 6.71. The van der Waals surface area contributed by atoms with Crippen LogP contribution < -0.4 is 5.32 Å². The monoisotopic (exact) mass is 288 g/mol. The van der Waals surface area contributed by atoms with Crippen molar-refractivity contribution < 1.29 is 0 Å². The van der Waals surface area contributed by atoms with Crippen molar-refractivity contribution >= 4 is 0 Å². The van der Waals surface area contributed by atoms with E-state index in [1.165, 1.54) is 36.8 Å². The highest BCUT2D eigenvalue weighted by Crippen LogP contribution is 2.28. The van der Waals surface area contributed by atoms with E-state index >= 15 is 0 Å². The van der Waals surface area contributed by atoms with Gasteiger partial charge in [-0.3, -0.25) is 0 Å². The molecule has 0 heterocycles. The van der Waals surface area contributed by atoms with E-state index in [1.54, 1.807) is 0 Å². The first-order valence-electron chi connectivity index (χ1n) is 8.62. The van der Waals surface area contributed by atoms with Crippen molar-refractivity contribution in [1.29, 1.82) is 0 Å². The number of rotatable bonds is 6. The first kappa shape index (κ1) is 16.5. The summed E-state index contributed by atoms with van der Waals surface area (Å²) in [4.78, 5) is 2.58. The average molecular weight is 288 g/mol. The molecule has 2 heteroatoms. The molecule has 0 saturated heterocycles. The van der Waals surface area contributed by atoms with Crippen LogP contribution in [0.1, 0.15) is 56.7 Å². The lowest BCUT2D eigenvalue weighted by Gasteiger charge is -2.38. The van der Waals surface area contributed by atoms with Gasteiger partial charge in [-0.05, 0) is 50.4 Å². The lowest BCUT2D eigenvalue weighted by molar-refractivity contribution is 0.129. The molecule has 1 aliphatic carbocycles. The summed E-state index contributed by atoms with van der Waals surface area (Å²) >= 11 is 0. The molecule has 0 aromatic heterocycles. The van der Waals surface area contributed by atoms with E-state index in [9.17, 15) is 0 Å². The molecule has 2 rings (SSSR count). The summed E-state index contributed by atoms with van der Waals surface area (Å²) in [5, 5.41) is 3.50. The van der Waals surface area contributed by atoms with Crippen LogP contribution in [0.4, 0.5) is 0 Å². The Hall–Kier alpha value is -0.860. The number of hydrogen-bond acceptors (Lipinski definition) is 2. The zero-order valence-electron chi connectivity index (χ0n) is 14.2. The lowest BCUT2D eigenvalue weighted by atomic mass is 9.85. The Labute approximate surface area is 130 Å². The number of hydrogen-bond donors (Lipinski definition) is 1. The molecule has 118 valence electrons. The largest absolute Gasteiger partial charge is 0.312 e. The maximum absolute atomic E-state index is 3.50. The van der Waals surface area contributed by atoms with E-state index < -0.39 is 0 Å². The first-order valence-corrected chi connectivity index (χ1v) is 8.62. The fourth-order valence-corrected chi connectivity index (χ4v) is 3.72. The molecule has 0 aliphatic heterocycles. The molecule has 3 unspecified atom stereocenters. The number of aryl methyl sites for hydroxylation is 1. The third-order valence-electron chi connectivity index (χ3n) is 5.24. The Kier molecular flexibility index (Phi) is 6.25. The zero-order chi connectivity index (χ0) is 15.2. The van der Waals surface area contributed by atoms with Crippen molar-refractivity contribution in [3.8, 4) is 0 Å². The van der Waals surface area contributed by atoms with Crippen molar-refractivity contribution in [2.24, 2.45) is 5.92 Å². The third-order valence-corrected chi connectivity index (χ3v) is 5.24. The predicted octanol–water partition coefficient (Wildman–Crippen LogP) is 4.02. The summed E-state index contributed by atoms with van der Waals surface area (Å²) in [5.41, 5.74) is 2.83. The van der Waals surface area contributed by atoms with Crippen LogP contribution in [0.3, 0.4) is 0 Å². The molecule has 0 amide bonds. The highest BCUT2D eigenvalue weighted by Gasteiger charge is 2.26. The lowest BCUT2D eigenvalue weighted by Crippen LogP contribution is -2.42. The van der Waals surface area contributed by atoms with Gasteiger partial charge in [0.25, 0.3) is 0 Å². The normalized spacial score (nSPS) is 24.2. The van der Waals surface area contributed by atoms with Gasteiger partial charge in [-0.25, -0.2) is 0 Å². The van der Waals surface area contributed by atoms with E-state index in [4.69, 9.17) is 0 Å².